The quantitative estimate of drug-likeness (QED) is 0.305. The molecule has 0 amide bonds. The number of nitrogens with two attached hydrogens (primary N) is 1. The molecule has 0 aromatic heterocycles. The Morgan fingerprint density at radius 3 is 1.65 bits per heavy atom. The highest BCUT2D eigenvalue weighted by atomic mass is 16.9. The van der Waals surface area contributed by atoms with Crippen molar-refractivity contribution in [2.24, 2.45) is 11.7 Å². The van der Waals surface area contributed by atoms with Crippen LogP contribution in [0, 0.1) is 5.92 Å². The zero-order chi connectivity index (χ0) is 17.4. The van der Waals surface area contributed by atoms with Crippen molar-refractivity contribution in [1.82, 2.24) is 0 Å². The second-order valence-corrected chi connectivity index (χ2v) is 6.09. The van der Waals surface area contributed by atoms with Crippen molar-refractivity contribution in [3.63, 3.8) is 0 Å². The van der Waals surface area contributed by atoms with Gasteiger partial charge in [-0.1, -0.05) is 45.4 Å². The smallest absolute Gasteiger partial charge is 0.285 e. The molecule has 0 radical (unpaired) electrons. The van der Waals surface area contributed by atoms with Gasteiger partial charge in [-0.3, -0.25) is 0 Å². The number of ether oxygens (including phenoxy) is 3. The van der Waals surface area contributed by atoms with Crippen molar-refractivity contribution in [1.29, 1.82) is 0 Å². The predicted molar refractivity (Wildman–Crippen MR) is 97.4 cm³/mol. The second-order valence-electron chi connectivity index (χ2n) is 6.09. The van der Waals surface area contributed by atoms with E-state index in [0.29, 0.717) is 26.4 Å². The van der Waals surface area contributed by atoms with Crippen molar-refractivity contribution >= 4 is 0 Å². The van der Waals surface area contributed by atoms with Crippen LogP contribution in [0.15, 0.2) is 0 Å². The zero-order valence-corrected chi connectivity index (χ0v) is 16.1. The summed E-state index contributed by atoms with van der Waals surface area (Å²) in [7, 11) is 0. The standard InChI is InChI=1S/C19H41NO3/c1-5-9-10-11-12-13-15-18(16-14-17-20)19(21-6-2,22-7-3)23-8-4/h18H,5-17,20H2,1-4H3/t18-/m1/s1. The minimum Gasteiger partial charge on any atom is -0.330 e. The topological polar surface area (TPSA) is 53.7 Å². The van der Waals surface area contributed by atoms with Gasteiger partial charge in [0.25, 0.3) is 5.97 Å². The van der Waals surface area contributed by atoms with Crippen LogP contribution in [0.5, 0.6) is 0 Å². The van der Waals surface area contributed by atoms with Crippen molar-refractivity contribution in [2.45, 2.75) is 91.5 Å². The van der Waals surface area contributed by atoms with E-state index in [9.17, 15) is 0 Å². The first-order chi connectivity index (χ1) is 11.2. The van der Waals surface area contributed by atoms with Gasteiger partial charge < -0.3 is 19.9 Å². The van der Waals surface area contributed by atoms with Crippen LogP contribution in [0.3, 0.4) is 0 Å². The predicted octanol–water partition coefficient (Wildman–Crippen LogP) is 4.86. The molecule has 0 spiro atoms. The van der Waals surface area contributed by atoms with E-state index in [4.69, 9.17) is 19.9 Å². The summed E-state index contributed by atoms with van der Waals surface area (Å²) in [5.41, 5.74) is 5.73. The summed E-state index contributed by atoms with van der Waals surface area (Å²) in [5.74, 6) is -0.645. The maximum absolute atomic E-state index is 5.98. The minimum atomic E-state index is -0.892. The van der Waals surface area contributed by atoms with E-state index in [-0.39, 0.29) is 5.92 Å². The van der Waals surface area contributed by atoms with Crippen LogP contribution in [0.2, 0.25) is 0 Å². The number of hydrogen-bond donors (Lipinski definition) is 1. The van der Waals surface area contributed by atoms with Gasteiger partial charge in [0.15, 0.2) is 0 Å². The molecule has 140 valence electrons. The van der Waals surface area contributed by atoms with Gasteiger partial charge >= 0.3 is 0 Å². The third-order valence-electron chi connectivity index (χ3n) is 4.20. The Labute approximate surface area is 144 Å². The molecule has 0 heterocycles. The van der Waals surface area contributed by atoms with Gasteiger partial charge in [0, 0.05) is 25.7 Å². The number of rotatable bonds is 17. The molecule has 0 fully saturated rings. The van der Waals surface area contributed by atoms with Crippen LogP contribution in [0.4, 0.5) is 0 Å². The highest BCUT2D eigenvalue weighted by Crippen LogP contribution is 2.33. The average molecular weight is 332 g/mol. The van der Waals surface area contributed by atoms with Gasteiger partial charge in [-0.25, -0.2) is 0 Å². The Balaban J connectivity index is 4.68. The average Bonchev–Trinajstić information content (AvgIpc) is 2.54. The summed E-state index contributed by atoms with van der Waals surface area (Å²) in [6.07, 6.45) is 10.8. The molecule has 0 rings (SSSR count). The number of hydrogen-bond acceptors (Lipinski definition) is 4. The maximum Gasteiger partial charge on any atom is 0.285 e. The summed E-state index contributed by atoms with van der Waals surface area (Å²) in [4.78, 5) is 0. The van der Waals surface area contributed by atoms with E-state index in [0.717, 1.165) is 19.3 Å². The summed E-state index contributed by atoms with van der Waals surface area (Å²) in [6, 6.07) is 0. The van der Waals surface area contributed by atoms with Gasteiger partial charge in [0.1, 0.15) is 0 Å². The van der Waals surface area contributed by atoms with Crippen LogP contribution >= 0.6 is 0 Å². The van der Waals surface area contributed by atoms with Crippen molar-refractivity contribution < 1.29 is 14.2 Å². The van der Waals surface area contributed by atoms with E-state index in [1.807, 2.05) is 20.8 Å². The first kappa shape index (κ1) is 22.8. The molecule has 0 bridgehead atoms. The zero-order valence-electron chi connectivity index (χ0n) is 16.1. The molecule has 0 saturated heterocycles. The van der Waals surface area contributed by atoms with Crippen molar-refractivity contribution in [3.05, 3.63) is 0 Å². The summed E-state index contributed by atoms with van der Waals surface area (Å²) < 4.78 is 17.9. The second kappa shape index (κ2) is 15.4. The first-order valence-corrected chi connectivity index (χ1v) is 9.82. The van der Waals surface area contributed by atoms with Crippen molar-refractivity contribution in [2.75, 3.05) is 26.4 Å². The molecule has 0 unspecified atom stereocenters. The molecular formula is C19H41NO3. The summed E-state index contributed by atoms with van der Waals surface area (Å²) >= 11 is 0. The van der Waals surface area contributed by atoms with Crippen molar-refractivity contribution in [3.8, 4) is 0 Å². The first-order valence-electron chi connectivity index (χ1n) is 9.82. The Morgan fingerprint density at radius 1 is 0.696 bits per heavy atom. The van der Waals surface area contributed by atoms with E-state index in [2.05, 4.69) is 6.92 Å². The molecule has 0 aliphatic carbocycles. The lowest BCUT2D eigenvalue weighted by molar-refractivity contribution is -0.403. The largest absolute Gasteiger partial charge is 0.330 e. The van der Waals surface area contributed by atoms with E-state index < -0.39 is 5.97 Å². The van der Waals surface area contributed by atoms with Crippen LogP contribution < -0.4 is 5.73 Å². The Morgan fingerprint density at radius 2 is 1.17 bits per heavy atom. The molecule has 1 atom stereocenters. The number of unbranched alkanes of at least 4 members (excludes halogenated alkanes) is 5. The van der Waals surface area contributed by atoms with Gasteiger partial charge in [-0.2, -0.15) is 0 Å². The Bertz CT molecular complexity index is 232. The SMILES string of the molecule is CCCCCCCC[C@H](CCCN)C(OCC)(OCC)OCC. The third kappa shape index (κ3) is 9.65. The Kier molecular flexibility index (Phi) is 15.3. The van der Waals surface area contributed by atoms with Gasteiger partial charge in [-0.15, -0.1) is 0 Å². The fourth-order valence-electron chi connectivity index (χ4n) is 3.12. The molecule has 2 N–H and O–H groups in total. The molecule has 0 aliphatic heterocycles. The molecule has 0 saturated carbocycles. The molecule has 23 heavy (non-hydrogen) atoms. The molecule has 0 aliphatic rings. The molecular weight excluding hydrogens is 290 g/mol. The fourth-order valence-corrected chi connectivity index (χ4v) is 3.12. The molecule has 0 aromatic rings. The van der Waals surface area contributed by atoms with Crippen LogP contribution in [-0.2, 0) is 14.2 Å². The van der Waals surface area contributed by atoms with Crippen LogP contribution in [0.1, 0.15) is 85.5 Å². The lowest BCUT2D eigenvalue weighted by Crippen LogP contribution is -2.47. The monoisotopic (exact) mass is 331 g/mol. The lowest BCUT2D eigenvalue weighted by Gasteiger charge is -2.39. The molecule has 4 heteroatoms. The van der Waals surface area contributed by atoms with Crippen LogP contribution in [0.25, 0.3) is 0 Å². The van der Waals surface area contributed by atoms with E-state index >= 15 is 0 Å². The Hall–Kier alpha value is -0.160. The lowest BCUT2D eigenvalue weighted by atomic mass is 9.92. The highest BCUT2D eigenvalue weighted by Gasteiger charge is 2.41. The van der Waals surface area contributed by atoms with Gasteiger partial charge in [0.05, 0.1) is 0 Å². The van der Waals surface area contributed by atoms with E-state index in [1.165, 1.54) is 38.5 Å². The summed E-state index contributed by atoms with van der Waals surface area (Å²) in [5, 5.41) is 0. The van der Waals surface area contributed by atoms with Gasteiger partial charge in [0.2, 0.25) is 0 Å². The normalized spacial score (nSPS) is 13.4. The minimum absolute atomic E-state index is 0.247. The van der Waals surface area contributed by atoms with Gasteiger partial charge in [-0.05, 0) is 46.6 Å². The summed E-state index contributed by atoms with van der Waals surface area (Å²) in [6.45, 7) is 10.7. The molecule has 0 aromatic carbocycles. The maximum atomic E-state index is 5.98. The molecule has 4 nitrogen and oxygen atoms in total. The highest BCUT2D eigenvalue weighted by molar-refractivity contribution is 4.73. The fraction of sp³-hybridized carbons (Fsp3) is 1.00. The van der Waals surface area contributed by atoms with Crippen LogP contribution in [-0.4, -0.2) is 32.3 Å². The third-order valence-corrected chi connectivity index (χ3v) is 4.20. The van der Waals surface area contributed by atoms with E-state index in [1.54, 1.807) is 0 Å².